The van der Waals surface area contributed by atoms with Crippen molar-refractivity contribution in [3.05, 3.63) is 58.4 Å². The van der Waals surface area contributed by atoms with Crippen LogP contribution in [0.5, 0.6) is 5.75 Å². The smallest absolute Gasteiger partial charge is 0.181 e. The van der Waals surface area contributed by atoms with Gasteiger partial charge in [-0.05, 0) is 18.1 Å². The molecule has 2 atom stereocenters. The van der Waals surface area contributed by atoms with Crippen LogP contribution in [0.25, 0.3) is 5.65 Å². The van der Waals surface area contributed by atoms with Crippen molar-refractivity contribution in [2.75, 3.05) is 5.73 Å². The number of ether oxygens (including phenoxy) is 1. The van der Waals surface area contributed by atoms with Gasteiger partial charge in [0.25, 0.3) is 0 Å². The van der Waals surface area contributed by atoms with Gasteiger partial charge >= 0.3 is 0 Å². The van der Waals surface area contributed by atoms with E-state index in [1.54, 1.807) is 16.7 Å². The normalized spacial score (nSPS) is 20.0. The van der Waals surface area contributed by atoms with Gasteiger partial charge in [-0.1, -0.05) is 35.9 Å². The number of anilines is 1. The molecule has 118 valence electrons. The number of nitrogens with zero attached hydrogens (tertiary/aromatic N) is 2. The fourth-order valence-corrected chi connectivity index (χ4v) is 3.31. The van der Waals surface area contributed by atoms with Gasteiger partial charge in [-0.2, -0.15) is 0 Å². The van der Waals surface area contributed by atoms with E-state index < -0.39 is 12.2 Å². The first kappa shape index (κ1) is 14.4. The van der Waals surface area contributed by atoms with Crippen molar-refractivity contribution >= 4 is 23.1 Å². The van der Waals surface area contributed by atoms with Crippen molar-refractivity contribution in [2.24, 2.45) is 0 Å². The highest BCUT2D eigenvalue weighted by molar-refractivity contribution is 6.30. The first-order valence-corrected chi connectivity index (χ1v) is 7.78. The summed E-state index contributed by atoms with van der Waals surface area (Å²) >= 11 is 6.18. The Bertz CT molecular complexity index is 906. The first-order chi connectivity index (χ1) is 11.0. The lowest BCUT2D eigenvalue weighted by molar-refractivity contribution is 0.0502. The molecule has 0 radical (unpaired) electrons. The van der Waals surface area contributed by atoms with Crippen LogP contribution in [0.3, 0.4) is 0 Å². The van der Waals surface area contributed by atoms with Gasteiger partial charge in [0.15, 0.2) is 17.5 Å². The molecule has 2 heterocycles. The third-order valence-electron chi connectivity index (χ3n) is 4.27. The number of benzene rings is 1. The second-order valence-electron chi connectivity index (χ2n) is 5.81. The van der Waals surface area contributed by atoms with Gasteiger partial charge in [-0.3, -0.25) is 4.40 Å². The number of aryl methyl sites for hydroxylation is 1. The van der Waals surface area contributed by atoms with E-state index in [-0.39, 0.29) is 0 Å². The highest BCUT2D eigenvalue weighted by Gasteiger charge is 2.33. The number of pyridine rings is 1. The first-order valence-electron chi connectivity index (χ1n) is 7.41. The fourth-order valence-electron chi connectivity index (χ4n) is 3.12. The molecular weight excluding hydrogens is 314 g/mol. The van der Waals surface area contributed by atoms with Gasteiger partial charge in [0.2, 0.25) is 0 Å². The maximum Gasteiger partial charge on any atom is 0.181 e. The summed E-state index contributed by atoms with van der Waals surface area (Å²) in [7, 11) is 0. The van der Waals surface area contributed by atoms with E-state index >= 15 is 0 Å². The van der Waals surface area contributed by atoms with E-state index in [1.165, 1.54) is 0 Å². The Balaban J connectivity index is 1.80. The predicted octanol–water partition coefficient (Wildman–Crippen LogP) is 2.92. The van der Waals surface area contributed by atoms with Crippen LogP contribution in [0, 0.1) is 6.92 Å². The molecule has 0 saturated heterocycles. The topological polar surface area (TPSA) is 72.8 Å². The largest absolute Gasteiger partial charge is 0.479 e. The summed E-state index contributed by atoms with van der Waals surface area (Å²) in [6, 6.07) is 9.59. The van der Waals surface area contributed by atoms with E-state index in [9.17, 15) is 5.11 Å². The summed E-state index contributed by atoms with van der Waals surface area (Å²) in [4.78, 5) is 4.45. The van der Waals surface area contributed by atoms with E-state index in [1.807, 2.05) is 31.2 Å². The van der Waals surface area contributed by atoms with Crippen molar-refractivity contribution in [3.63, 3.8) is 0 Å². The molecule has 0 unspecified atom stereocenters. The van der Waals surface area contributed by atoms with E-state index in [2.05, 4.69) is 4.98 Å². The molecule has 1 aromatic carbocycles. The third-order valence-corrected chi connectivity index (χ3v) is 4.47. The van der Waals surface area contributed by atoms with Crippen LogP contribution in [0.1, 0.15) is 22.9 Å². The monoisotopic (exact) mass is 329 g/mol. The second-order valence-corrected chi connectivity index (χ2v) is 6.24. The average Bonchev–Trinajstić information content (AvgIpc) is 2.98. The summed E-state index contributed by atoms with van der Waals surface area (Å²) in [5.41, 5.74) is 9.43. The molecule has 2 aromatic heterocycles. The fraction of sp³-hybridized carbons (Fsp3) is 0.235. The Hall–Kier alpha value is -2.24. The predicted molar refractivity (Wildman–Crippen MR) is 88.9 cm³/mol. The molecular formula is C17H16ClN3O2. The summed E-state index contributed by atoms with van der Waals surface area (Å²) in [5.74, 6) is 1.04. The lowest BCUT2D eigenvalue weighted by Gasteiger charge is -2.19. The number of imidazole rings is 1. The molecule has 1 aliphatic carbocycles. The van der Waals surface area contributed by atoms with Crippen LogP contribution < -0.4 is 10.5 Å². The highest BCUT2D eigenvalue weighted by Crippen LogP contribution is 2.37. The summed E-state index contributed by atoms with van der Waals surface area (Å²) in [6.45, 7) is 1.83. The Kier molecular flexibility index (Phi) is 3.21. The highest BCUT2D eigenvalue weighted by atomic mass is 35.5. The number of aliphatic hydroxyl groups is 1. The van der Waals surface area contributed by atoms with Gasteiger partial charge in [0.1, 0.15) is 5.82 Å². The number of aromatic nitrogens is 2. The van der Waals surface area contributed by atoms with Crippen molar-refractivity contribution in [3.8, 4) is 5.75 Å². The van der Waals surface area contributed by atoms with Gasteiger partial charge in [-0.15, -0.1) is 0 Å². The molecule has 0 fully saturated rings. The third kappa shape index (κ3) is 2.24. The molecule has 0 spiro atoms. The Labute approximate surface area is 138 Å². The number of rotatable bonds is 2. The molecule has 1 aliphatic rings. The lowest BCUT2D eigenvalue weighted by atomic mass is 10.1. The minimum atomic E-state index is -0.597. The van der Waals surface area contributed by atoms with E-state index in [0.717, 1.165) is 11.1 Å². The standard InChI is InChI=1S/C17H16ClN3O2/c1-9-16(19)21-8-11(18)7-14(17(21)20-9)23-15-12-5-3-2-4-10(12)6-13(15)22/h2-5,7-8,13,15,22H,6,19H2,1H3/t13-,15-/m1/s1. The number of fused-ring (bicyclic) bond motifs is 2. The van der Waals surface area contributed by atoms with Crippen molar-refractivity contribution in [2.45, 2.75) is 25.6 Å². The minimum Gasteiger partial charge on any atom is -0.479 e. The number of hydrogen-bond acceptors (Lipinski definition) is 4. The molecule has 0 amide bonds. The minimum absolute atomic E-state index is 0.438. The number of halogens is 1. The van der Waals surface area contributed by atoms with Crippen LogP contribution >= 0.6 is 11.6 Å². The summed E-state index contributed by atoms with van der Waals surface area (Å²) in [5, 5.41) is 10.9. The van der Waals surface area contributed by atoms with Crippen molar-refractivity contribution < 1.29 is 9.84 Å². The number of nitrogens with two attached hydrogens (primary N) is 1. The Morgan fingerprint density at radius 2 is 2.17 bits per heavy atom. The van der Waals surface area contributed by atoms with E-state index in [0.29, 0.717) is 34.4 Å². The van der Waals surface area contributed by atoms with Crippen LogP contribution in [0.4, 0.5) is 5.82 Å². The molecule has 0 saturated carbocycles. The Morgan fingerprint density at radius 3 is 3.00 bits per heavy atom. The second kappa shape index (κ2) is 5.15. The molecule has 23 heavy (non-hydrogen) atoms. The number of hydrogen-bond donors (Lipinski definition) is 2. The molecule has 0 aliphatic heterocycles. The average molecular weight is 330 g/mol. The Morgan fingerprint density at radius 1 is 1.39 bits per heavy atom. The van der Waals surface area contributed by atoms with Crippen LogP contribution in [0.15, 0.2) is 36.5 Å². The lowest BCUT2D eigenvalue weighted by Crippen LogP contribution is -2.19. The van der Waals surface area contributed by atoms with Gasteiger partial charge in [0.05, 0.1) is 16.8 Å². The van der Waals surface area contributed by atoms with Crippen LogP contribution in [-0.2, 0) is 6.42 Å². The molecule has 6 heteroatoms. The SMILES string of the molecule is Cc1nc2c(O[C@@H]3c4ccccc4C[C@H]3O)cc(Cl)cn2c1N. The molecule has 5 nitrogen and oxygen atoms in total. The maximum absolute atomic E-state index is 10.4. The number of nitrogen functional groups attached to an aromatic ring is 1. The van der Waals surface area contributed by atoms with Crippen molar-refractivity contribution in [1.82, 2.24) is 9.38 Å². The van der Waals surface area contributed by atoms with Gasteiger partial charge in [0, 0.05) is 18.7 Å². The van der Waals surface area contributed by atoms with Crippen molar-refractivity contribution in [1.29, 1.82) is 0 Å². The molecule has 0 bridgehead atoms. The van der Waals surface area contributed by atoms with E-state index in [4.69, 9.17) is 22.1 Å². The summed E-state index contributed by atoms with van der Waals surface area (Å²) < 4.78 is 7.81. The van der Waals surface area contributed by atoms with Gasteiger partial charge < -0.3 is 15.6 Å². The molecule has 4 rings (SSSR count). The zero-order chi connectivity index (χ0) is 16.1. The number of aliphatic hydroxyl groups excluding tert-OH is 1. The molecule has 3 aromatic rings. The maximum atomic E-state index is 10.4. The summed E-state index contributed by atoms with van der Waals surface area (Å²) in [6.07, 6.45) is 1.25. The molecule has 3 N–H and O–H groups in total. The van der Waals surface area contributed by atoms with Crippen LogP contribution in [-0.4, -0.2) is 20.6 Å². The zero-order valence-corrected chi connectivity index (χ0v) is 13.3. The van der Waals surface area contributed by atoms with Crippen LogP contribution in [0.2, 0.25) is 5.02 Å². The zero-order valence-electron chi connectivity index (χ0n) is 12.5. The van der Waals surface area contributed by atoms with Gasteiger partial charge in [-0.25, -0.2) is 4.98 Å². The quantitative estimate of drug-likeness (QED) is 0.758.